The monoisotopic (exact) mass is 261 g/mol. The molecule has 1 aromatic carbocycles. The van der Waals surface area contributed by atoms with Crippen molar-refractivity contribution < 1.29 is 9.52 Å². The molecule has 1 aromatic heterocycles. The Balaban J connectivity index is 1.90. The van der Waals surface area contributed by atoms with Gasteiger partial charge in [0.25, 0.3) is 6.01 Å². The molecule has 3 N–H and O–H groups in total. The van der Waals surface area contributed by atoms with Crippen LogP contribution in [0.15, 0.2) is 22.6 Å². The Bertz CT molecular complexity index is 591. The molecule has 5 heteroatoms. The van der Waals surface area contributed by atoms with Crippen LogP contribution in [-0.2, 0) is 0 Å². The molecule has 1 fully saturated rings. The number of aromatic nitrogens is 1. The Morgan fingerprint density at radius 3 is 3.00 bits per heavy atom. The molecule has 0 bridgehead atoms. The lowest BCUT2D eigenvalue weighted by molar-refractivity contribution is 0.0481. The van der Waals surface area contributed by atoms with E-state index < -0.39 is 5.60 Å². The number of para-hydroxylation sites is 1. The smallest absolute Gasteiger partial charge is 0.298 e. The van der Waals surface area contributed by atoms with Crippen LogP contribution >= 0.6 is 0 Å². The van der Waals surface area contributed by atoms with E-state index in [-0.39, 0.29) is 0 Å². The molecule has 1 saturated heterocycles. The van der Waals surface area contributed by atoms with Crippen LogP contribution in [0.25, 0.3) is 11.1 Å². The SMILES string of the molecule is CC1(O)CCCN(c2nc3c(N)cccc3o2)CC1. The van der Waals surface area contributed by atoms with Crippen LogP contribution < -0.4 is 10.6 Å². The maximum atomic E-state index is 10.1. The van der Waals surface area contributed by atoms with Gasteiger partial charge in [-0.05, 0) is 38.3 Å². The molecule has 1 atom stereocenters. The molecule has 19 heavy (non-hydrogen) atoms. The Hall–Kier alpha value is -1.75. The second-order valence-corrected chi connectivity index (χ2v) is 5.53. The number of fused-ring (bicyclic) bond motifs is 1. The second-order valence-electron chi connectivity index (χ2n) is 5.53. The molecule has 0 radical (unpaired) electrons. The molecule has 0 spiro atoms. The van der Waals surface area contributed by atoms with Crippen molar-refractivity contribution in [1.29, 1.82) is 0 Å². The summed E-state index contributed by atoms with van der Waals surface area (Å²) in [5.41, 5.74) is 7.37. The van der Waals surface area contributed by atoms with E-state index in [0.29, 0.717) is 22.8 Å². The summed E-state index contributed by atoms with van der Waals surface area (Å²) in [5, 5.41) is 10.1. The molecular weight excluding hydrogens is 242 g/mol. The molecule has 1 unspecified atom stereocenters. The minimum atomic E-state index is -0.584. The van der Waals surface area contributed by atoms with Crippen LogP contribution in [0.1, 0.15) is 26.2 Å². The van der Waals surface area contributed by atoms with E-state index in [1.807, 2.05) is 25.1 Å². The average molecular weight is 261 g/mol. The Kier molecular flexibility index (Phi) is 2.86. The van der Waals surface area contributed by atoms with Crippen molar-refractivity contribution in [2.24, 2.45) is 0 Å². The van der Waals surface area contributed by atoms with Gasteiger partial charge in [-0.25, -0.2) is 0 Å². The lowest BCUT2D eigenvalue weighted by Gasteiger charge is -2.21. The molecule has 0 amide bonds. The van der Waals surface area contributed by atoms with Gasteiger partial charge in [-0.2, -0.15) is 4.98 Å². The number of hydrogen-bond donors (Lipinski definition) is 2. The summed E-state index contributed by atoms with van der Waals surface area (Å²) in [6, 6.07) is 6.16. The Labute approximate surface area is 112 Å². The molecule has 3 rings (SSSR count). The highest BCUT2D eigenvalue weighted by Crippen LogP contribution is 2.29. The van der Waals surface area contributed by atoms with Crippen LogP contribution in [0.5, 0.6) is 0 Å². The van der Waals surface area contributed by atoms with Gasteiger partial charge >= 0.3 is 0 Å². The van der Waals surface area contributed by atoms with E-state index in [9.17, 15) is 5.11 Å². The fourth-order valence-electron chi connectivity index (χ4n) is 2.55. The van der Waals surface area contributed by atoms with Crippen molar-refractivity contribution in [2.75, 3.05) is 23.7 Å². The predicted octanol–water partition coefficient (Wildman–Crippen LogP) is 2.15. The minimum absolute atomic E-state index is 0.584. The normalized spacial score (nSPS) is 24.6. The zero-order chi connectivity index (χ0) is 13.5. The number of anilines is 2. The number of hydrogen-bond acceptors (Lipinski definition) is 5. The predicted molar refractivity (Wildman–Crippen MR) is 75.1 cm³/mol. The van der Waals surface area contributed by atoms with E-state index >= 15 is 0 Å². The highest BCUT2D eigenvalue weighted by molar-refractivity contribution is 5.86. The van der Waals surface area contributed by atoms with Gasteiger partial charge in [-0.15, -0.1) is 0 Å². The average Bonchev–Trinajstić information content (AvgIpc) is 2.70. The van der Waals surface area contributed by atoms with Crippen molar-refractivity contribution in [3.05, 3.63) is 18.2 Å². The maximum Gasteiger partial charge on any atom is 0.298 e. The number of aliphatic hydroxyl groups is 1. The van der Waals surface area contributed by atoms with E-state index in [2.05, 4.69) is 9.88 Å². The Morgan fingerprint density at radius 1 is 1.37 bits per heavy atom. The van der Waals surface area contributed by atoms with Crippen LogP contribution in [0, 0.1) is 0 Å². The van der Waals surface area contributed by atoms with Crippen LogP contribution in [0.4, 0.5) is 11.7 Å². The summed E-state index contributed by atoms with van der Waals surface area (Å²) in [5.74, 6) is 0. The van der Waals surface area contributed by atoms with Crippen molar-refractivity contribution in [1.82, 2.24) is 4.98 Å². The largest absolute Gasteiger partial charge is 0.423 e. The molecule has 1 aliphatic rings. The first-order valence-corrected chi connectivity index (χ1v) is 6.67. The lowest BCUT2D eigenvalue weighted by atomic mass is 9.98. The summed E-state index contributed by atoms with van der Waals surface area (Å²) in [4.78, 5) is 6.56. The summed E-state index contributed by atoms with van der Waals surface area (Å²) in [7, 11) is 0. The molecular formula is C14H19N3O2. The van der Waals surface area contributed by atoms with Gasteiger partial charge in [0.2, 0.25) is 0 Å². The van der Waals surface area contributed by atoms with Gasteiger partial charge in [0.1, 0.15) is 5.52 Å². The van der Waals surface area contributed by atoms with Gasteiger partial charge in [-0.3, -0.25) is 0 Å². The quantitative estimate of drug-likeness (QED) is 0.769. The fourth-order valence-corrected chi connectivity index (χ4v) is 2.55. The summed E-state index contributed by atoms with van der Waals surface area (Å²) < 4.78 is 5.77. The zero-order valence-corrected chi connectivity index (χ0v) is 11.1. The summed E-state index contributed by atoms with van der Waals surface area (Å²) >= 11 is 0. The van der Waals surface area contributed by atoms with E-state index in [4.69, 9.17) is 10.2 Å². The number of oxazole rings is 1. The van der Waals surface area contributed by atoms with Gasteiger partial charge in [-0.1, -0.05) is 6.07 Å². The number of nitrogens with two attached hydrogens (primary N) is 1. The van der Waals surface area contributed by atoms with Crippen molar-refractivity contribution in [3.8, 4) is 0 Å². The fraction of sp³-hybridized carbons (Fsp3) is 0.500. The molecule has 2 heterocycles. The van der Waals surface area contributed by atoms with Crippen LogP contribution in [0.3, 0.4) is 0 Å². The van der Waals surface area contributed by atoms with Crippen LogP contribution in [0.2, 0.25) is 0 Å². The molecule has 0 saturated carbocycles. The highest BCUT2D eigenvalue weighted by atomic mass is 16.4. The van der Waals surface area contributed by atoms with Gasteiger partial charge in [0.05, 0.1) is 11.3 Å². The van der Waals surface area contributed by atoms with Crippen LogP contribution in [-0.4, -0.2) is 28.8 Å². The number of benzene rings is 1. The van der Waals surface area contributed by atoms with Gasteiger partial charge < -0.3 is 20.2 Å². The van der Waals surface area contributed by atoms with Crippen molar-refractivity contribution >= 4 is 22.8 Å². The van der Waals surface area contributed by atoms with Crippen molar-refractivity contribution in [2.45, 2.75) is 31.8 Å². The summed E-state index contributed by atoms with van der Waals surface area (Å²) in [6.07, 6.45) is 2.47. The first-order valence-electron chi connectivity index (χ1n) is 6.67. The third-order valence-electron chi connectivity index (χ3n) is 3.77. The van der Waals surface area contributed by atoms with Gasteiger partial charge in [0, 0.05) is 13.1 Å². The number of rotatable bonds is 1. The lowest BCUT2D eigenvalue weighted by Crippen LogP contribution is -2.28. The molecule has 2 aromatic rings. The maximum absolute atomic E-state index is 10.1. The standard InChI is InChI=1S/C14H19N3O2/c1-14(18)6-3-8-17(9-7-14)13-16-12-10(15)4-2-5-11(12)19-13/h2,4-5,18H,3,6-9,15H2,1H3. The molecule has 0 aliphatic carbocycles. The van der Waals surface area contributed by atoms with E-state index in [1.54, 1.807) is 0 Å². The second kappa shape index (κ2) is 4.42. The van der Waals surface area contributed by atoms with E-state index in [1.165, 1.54) is 0 Å². The minimum Gasteiger partial charge on any atom is -0.423 e. The van der Waals surface area contributed by atoms with Gasteiger partial charge in [0.15, 0.2) is 5.58 Å². The third-order valence-corrected chi connectivity index (χ3v) is 3.77. The molecule has 1 aliphatic heterocycles. The zero-order valence-electron chi connectivity index (χ0n) is 11.1. The molecule has 5 nitrogen and oxygen atoms in total. The first kappa shape index (κ1) is 12.3. The number of nitrogens with zero attached hydrogens (tertiary/aromatic N) is 2. The summed E-state index contributed by atoms with van der Waals surface area (Å²) in [6.45, 7) is 3.49. The van der Waals surface area contributed by atoms with Crippen molar-refractivity contribution in [3.63, 3.8) is 0 Å². The highest BCUT2D eigenvalue weighted by Gasteiger charge is 2.27. The Morgan fingerprint density at radius 2 is 2.21 bits per heavy atom. The van der Waals surface area contributed by atoms with E-state index in [0.717, 1.165) is 32.4 Å². The molecule has 102 valence electrons. The topological polar surface area (TPSA) is 75.5 Å². The number of nitrogen functional groups attached to an aromatic ring is 1. The first-order chi connectivity index (χ1) is 9.05. The third kappa shape index (κ3) is 2.38.